The van der Waals surface area contributed by atoms with Crippen LogP contribution in [0.2, 0.25) is 0 Å². The van der Waals surface area contributed by atoms with E-state index in [0.717, 1.165) is 36.3 Å². The van der Waals surface area contributed by atoms with Crippen LogP contribution in [0.5, 0.6) is 5.75 Å². The number of aromatic nitrogens is 2. The van der Waals surface area contributed by atoms with Crippen molar-refractivity contribution in [3.05, 3.63) is 47.5 Å². The Kier molecular flexibility index (Phi) is 3.74. The fraction of sp³-hybridized carbons (Fsp3) is 0.438. The van der Waals surface area contributed by atoms with Gasteiger partial charge in [-0.05, 0) is 31.4 Å². The van der Waals surface area contributed by atoms with E-state index in [1.807, 2.05) is 19.1 Å². The van der Waals surface area contributed by atoms with Crippen molar-refractivity contribution < 1.29 is 4.74 Å². The maximum absolute atomic E-state index is 5.29. The second-order valence-corrected chi connectivity index (χ2v) is 5.49. The Morgan fingerprint density at radius 1 is 1.40 bits per heavy atom. The summed E-state index contributed by atoms with van der Waals surface area (Å²) < 4.78 is 7.46. The highest BCUT2D eigenvalue weighted by atomic mass is 16.5. The predicted octanol–water partition coefficient (Wildman–Crippen LogP) is 2.50. The van der Waals surface area contributed by atoms with Crippen molar-refractivity contribution in [2.24, 2.45) is 0 Å². The predicted molar refractivity (Wildman–Crippen MR) is 78.9 cm³/mol. The first-order chi connectivity index (χ1) is 9.72. The van der Waals surface area contributed by atoms with E-state index < -0.39 is 0 Å². The first kappa shape index (κ1) is 13.2. The number of pyridine rings is 1. The molecule has 0 aromatic carbocycles. The molecule has 1 N–H and O–H groups in total. The molecule has 0 aliphatic heterocycles. The van der Waals surface area contributed by atoms with E-state index in [1.165, 1.54) is 18.4 Å². The third-order valence-electron chi connectivity index (χ3n) is 3.54. The molecule has 4 heteroatoms. The van der Waals surface area contributed by atoms with Crippen LogP contribution >= 0.6 is 0 Å². The zero-order valence-electron chi connectivity index (χ0n) is 12.1. The first-order valence-electron chi connectivity index (χ1n) is 7.12. The molecule has 3 rings (SSSR count). The fourth-order valence-corrected chi connectivity index (χ4v) is 2.33. The van der Waals surface area contributed by atoms with Crippen molar-refractivity contribution in [2.75, 3.05) is 7.11 Å². The number of ether oxygens (including phenoxy) is 1. The molecular formula is C16H21N3O. The summed E-state index contributed by atoms with van der Waals surface area (Å²) in [6.45, 7) is 3.73. The van der Waals surface area contributed by atoms with Gasteiger partial charge in [0.1, 0.15) is 5.75 Å². The van der Waals surface area contributed by atoms with Gasteiger partial charge in [0.2, 0.25) is 0 Å². The van der Waals surface area contributed by atoms with Crippen LogP contribution in [0.25, 0.3) is 0 Å². The van der Waals surface area contributed by atoms with Crippen LogP contribution in [0.4, 0.5) is 0 Å². The molecule has 1 fully saturated rings. The SMILES string of the molecule is COc1cc(C)nc(Cn2ccc(CNC3CC3)c2)c1. The van der Waals surface area contributed by atoms with Gasteiger partial charge in [0.15, 0.2) is 0 Å². The summed E-state index contributed by atoms with van der Waals surface area (Å²) in [5, 5.41) is 3.53. The van der Waals surface area contributed by atoms with Crippen molar-refractivity contribution in [3.8, 4) is 5.75 Å². The molecule has 106 valence electrons. The minimum Gasteiger partial charge on any atom is -0.497 e. The summed E-state index contributed by atoms with van der Waals surface area (Å²) >= 11 is 0. The van der Waals surface area contributed by atoms with Gasteiger partial charge in [-0.2, -0.15) is 0 Å². The normalized spacial score (nSPS) is 14.5. The molecule has 0 spiro atoms. The summed E-state index contributed by atoms with van der Waals surface area (Å²) in [5.41, 5.74) is 3.35. The number of nitrogens with one attached hydrogen (secondary N) is 1. The van der Waals surface area contributed by atoms with Crippen molar-refractivity contribution in [1.82, 2.24) is 14.9 Å². The van der Waals surface area contributed by atoms with Crippen molar-refractivity contribution >= 4 is 0 Å². The Morgan fingerprint density at radius 2 is 2.25 bits per heavy atom. The lowest BCUT2D eigenvalue weighted by atomic mass is 10.3. The standard InChI is InChI=1S/C16H21N3O/c1-12-7-16(20-2)8-15(18-12)11-19-6-5-13(10-19)9-17-14-3-4-14/h5-8,10,14,17H,3-4,9,11H2,1-2H3. The molecule has 0 atom stereocenters. The number of rotatable bonds is 6. The Bertz CT molecular complexity index is 587. The third kappa shape index (κ3) is 3.39. The Labute approximate surface area is 119 Å². The Morgan fingerprint density at radius 3 is 3.00 bits per heavy atom. The monoisotopic (exact) mass is 271 g/mol. The summed E-state index contributed by atoms with van der Waals surface area (Å²) in [5.74, 6) is 0.871. The molecule has 0 radical (unpaired) electrons. The summed E-state index contributed by atoms with van der Waals surface area (Å²) in [7, 11) is 1.69. The van der Waals surface area contributed by atoms with Crippen LogP contribution in [-0.2, 0) is 13.1 Å². The highest BCUT2D eigenvalue weighted by molar-refractivity contribution is 5.27. The molecule has 2 aromatic rings. The number of hydrogen-bond acceptors (Lipinski definition) is 3. The minimum absolute atomic E-state index is 0.751. The van der Waals surface area contributed by atoms with E-state index in [2.05, 4.69) is 33.3 Å². The number of methoxy groups -OCH3 is 1. The lowest BCUT2D eigenvalue weighted by Gasteiger charge is -2.07. The second kappa shape index (κ2) is 5.67. The van der Waals surface area contributed by atoms with E-state index in [-0.39, 0.29) is 0 Å². The van der Waals surface area contributed by atoms with Crippen LogP contribution in [0.15, 0.2) is 30.6 Å². The summed E-state index contributed by atoms with van der Waals surface area (Å²) in [6.07, 6.45) is 6.95. The van der Waals surface area contributed by atoms with Gasteiger partial charge in [-0.15, -0.1) is 0 Å². The van der Waals surface area contributed by atoms with Gasteiger partial charge in [0.05, 0.1) is 19.3 Å². The maximum atomic E-state index is 5.29. The van der Waals surface area contributed by atoms with Crippen molar-refractivity contribution in [3.63, 3.8) is 0 Å². The Balaban J connectivity index is 1.65. The number of nitrogens with zero attached hydrogens (tertiary/aromatic N) is 2. The molecule has 20 heavy (non-hydrogen) atoms. The number of hydrogen-bond donors (Lipinski definition) is 1. The van der Waals surface area contributed by atoms with Crippen LogP contribution < -0.4 is 10.1 Å². The van der Waals surface area contributed by atoms with E-state index in [0.29, 0.717) is 0 Å². The molecule has 1 saturated carbocycles. The van der Waals surface area contributed by atoms with Gasteiger partial charge in [0, 0.05) is 42.8 Å². The summed E-state index contributed by atoms with van der Waals surface area (Å²) in [6, 6.07) is 6.86. The van der Waals surface area contributed by atoms with Crippen molar-refractivity contribution in [1.29, 1.82) is 0 Å². The average molecular weight is 271 g/mol. The topological polar surface area (TPSA) is 39.1 Å². The number of aryl methyl sites for hydroxylation is 1. The third-order valence-corrected chi connectivity index (χ3v) is 3.54. The maximum Gasteiger partial charge on any atom is 0.122 e. The molecule has 0 unspecified atom stereocenters. The lowest BCUT2D eigenvalue weighted by molar-refractivity contribution is 0.413. The molecule has 2 aromatic heterocycles. The minimum atomic E-state index is 0.751. The van der Waals surface area contributed by atoms with Crippen molar-refractivity contribution in [2.45, 2.75) is 38.9 Å². The van der Waals surface area contributed by atoms with Crippen LogP contribution in [0, 0.1) is 6.92 Å². The lowest BCUT2D eigenvalue weighted by Crippen LogP contribution is -2.14. The highest BCUT2D eigenvalue weighted by Gasteiger charge is 2.19. The fourth-order valence-electron chi connectivity index (χ4n) is 2.33. The zero-order chi connectivity index (χ0) is 13.9. The van der Waals surface area contributed by atoms with Gasteiger partial charge >= 0.3 is 0 Å². The first-order valence-corrected chi connectivity index (χ1v) is 7.12. The van der Waals surface area contributed by atoms with Gasteiger partial charge < -0.3 is 14.6 Å². The van der Waals surface area contributed by atoms with Crippen LogP contribution in [0.1, 0.15) is 29.8 Å². The molecule has 0 bridgehead atoms. The van der Waals surface area contributed by atoms with Crippen LogP contribution in [-0.4, -0.2) is 22.7 Å². The van der Waals surface area contributed by atoms with E-state index in [1.54, 1.807) is 7.11 Å². The molecule has 0 amide bonds. The van der Waals surface area contributed by atoms with E-state index in [9.17, 15) is 0 Å². The van der Waals surface area contributed by atoms with Gasteiger partial charge in [-0.3, -0.25) is 4.98 Å². The van der Waals surface area contributed by atoms with E-state index in [4.69, 9.17) is 4.74 Å². The summed E-state index contributed by atoms with van der Waals surface area (Å²) in [4.78, 5) is 4.55. The quantitative estimate of drug-likeness (QED) is 0.877. The molecule has 4 nitrogen and oxygen atoms in total. The highest BCUT2D eigenvalue weighted by Crippen LogP contribution is 2.19. The Hall–Kier alpha value is -1.81. The smallest absolute Gasteiger partial charge is 0.122 e. The molecule has 2 heterocycles. The largest absolute Gasteiger partial charge is 0.497 e. The van der Waals surface area contributed by atoms with E-state index >= 15 is 0 Å². The average Bonchev–Trinajstić information content (AvgIpc) is 3.16. The second-order valence-electron chi connectivity index (χ2n) is 5.49. The van der Waals surface area contributed by atoms with Gasteiger partial charge in [-0.25, -0.2) is 0 Å². The molecule has 0 saturated heterocycles. The van der Waals surface area contributed by atoms with Crippen LogP contribution in [0.3, 0.4) is 0 Å². The molecular weight excluding hydrogens is 250 g/mol. The zero-order valence-corrected chi connectivity index (χ0v) is 12.1. The van der Waals surface area contributed by atoms with Gasteiger partial charge in [-0.1, -0.05) is 0 Å². The molecule has 1 aliphatic carbocycles. The molecule has 1 aliphatic rings. The van der Waals surface area contributed by atoms with Gasteiger partial charge in [0.25, 0.3) is 0 Å².